The van der Waals surface area contributed by atoms with Crippen molar-refractivity contribution >= 4 is 11.8 Å². The molecule has 0 amide bonds. The summed E-state index contributed by atoms with van der Waals surface area (Å²) >= 11 is 1.90. The second-order valence-electron chi connectivity index (χ2n) is 4.09. The smallest absolute Gasteiger partial charge is 0.115 e. The van der Waals surface area contributed by atoms with Gasteiger partial charge in [-0.2, -0.15) is 11.8 Å². The van der Waals surface area contributed by atoms with Crippen LogP contribution in [0.5, 0.6) is 5.75 Å². The molecule has 0 aliphatic rings. The number of hydrogen-bond acceptors (Lipinski definition) is 2. The number of benzene rings is 2. The van der Waals surface area contributed by atoms with Crippen LogP contribution in [0.2, 0.25) is 0 Å². The van der Waals surface area contributed by atoms with Crippen molar-refractivity contribution < 1.29 is 5.11 Å². The van der Waals surface area contributed by atoms with Gasteiger partial charge in [0, 0.05) is 11.5 Å². The zero-order valence-electron chi connectivity index (χ0n) is 9.89. The number of phenols is 1. The van der Waals surface area contributed by atoms with E-state index in [1.165, 1.54) is 16.7 Å². The van der Waals surface area contributed by atoms with Crippen molar-refractivity contribution in [2.75, 3.05) is 0 Å². The summed E-state index contributed by atoms with van der Waals surface area (Å²) in [6, 6.07) is 15.9. The Bertz CT molecular complexity index is 477. The van der Waals surface area contributed by atoms with Crippen molar-refractivity contribution in [1.29, 1.82) is 0 Å². The monoisotopic (exact) mass is 244 g/mol. The number of phenolic OH excluding ortho intramolecular Hbond substituents is 1. The maximum absolute atomic E-state index is 9.19. The fourth-order valence-corrected chi connectivity index (χ4v) is 2.72. The summed E-state index contributed by atoms with van der Waals surface area (Å²) in [6.45, 7) is 2.15. The highest BCUT2D eigenvalue weighted by atomic mass is 32.2. The molecule has 0 heterocycles. The molecule has 2 heteroatoms. The second-order valence-corrected chi connectivity index (χ2v) is 5.07. The molecule has 1 nitrogen and oxygen atoms in total. The van der Waals surface area contributed by atoms with Crippen LogP contribution in [-0.4, -0.2) is 5.11 Å². The van der Waals surface area contributed by atoms with Crippen molar-refractivity contribution in [3.8, 4) is 5.75 Å². The van der Waals surface area contributed by atoms with E-state index in [2.05, 4.69) is 31.2 Å². The van der Waals surface area contributed by atoms with Crippen molar-refractivity contribution in [1.82, 2.24) is 0 Å². The van der Waals surface area contributed by atoms with Gasteiger partial charge in [0.1, 0.15) is 5.75 Å². The lowest BCUT2D eigenvalue weighted by molar-refractivity contribution is 0.475. The molecular formula is C15H16OS. The van der Waals surface area contributed by atoms with E-state index in [0.717, 1.165) is 11.5 Å². The lowest BCUT2D eigenvalue weighted by Gasteiger charge is -2.05. The molecule has 1 N–H and O–H groups in total. The third kappa shape index (κ3) is 3.53. The molecule has 0 aromatic heterocycles. The van der Waals surface area contributed by atoms with E-state index in [1.807, 2.05) is 23.9 Å². The molecule has 2 rings (SSSR count). The fourth-order valence-electron chi connectivity index (χ4n) is 1.64. The summed E-state index contributed by atoms with van der Waals surface area (Å²) in [7, 11) is 0. The first-order chi connectivity index (χ1) is 8.25. The lowest BCUT2D eigenvalue weighted by Crippen LogP contribution is -1.86. The van der Waals surface area contributed by atoms with Crippen LogP contribution in [0.4, 0.5) is 0 Å². The van der Waals surface area contributed by atoms with Crippen LogP contribution in [0.1, 0.15) is 16.7 Å². The molecule has 2 aromatic carbocycles. The molecule has 0 aliphatic heterocycles. The highest BCUT2D eigenvalue weighted by molar-refractivity contribution is 7.97. The molecule has 0 unspecified atom stereocenters. The summed E-state index contributed by atoms with van der Waals surface area (Å²) in [6.07, 6.45) is 0. The largest absolute Gasteiger partial charge is 0.508 e. The first-order valence-corrected chi connectivity index (χ1v) is 6.81. The molecule has 0 radical (unpaired) electrons. The van der Waals surface area contributed by atoms with E-state index in [1.54, 1.807) is 12.1 Å². The Balaban J connectivity index is 1.88. The SMILES string of the molecule is Cc1ccccc1CSCc1ccc(O)cc1. The lowest BCUT2D eigenvalue weighted by atomic mass is 10.1. The third-order valence-corrected chi connectivity index (χ3v) is 3.78. The molecule has 17 heavy (non-hydrogen) atoms. The average Bonchev–Trinajstić information content (AvgIpc) is 2.34. The molecule has 0 aliphatic carbocycles. The van der Waals surface area contributed by atoms with E-state index >= 15 is 0 Å². The van der Waals surface area contributed by atoms with Crippen molar-refractivity contribution in [3.63, 3.8) is 0 Å². The van der Waals surface area contributed by atoms with Gasteiger partial charge in [-0.1, -0.05) is 36.4 Å². The van der Waals surface area contributed by atoms with Crippen LogP contribution < -0.4 is 0 Å². The van der Waals surface area contributed by atoms with Crippen LogP contribution in [0.3, 0.4) is 0 Å². The molecule has 2 aromatic rings. The molecule has 0 bridgehead atoms. The Morgan fingerprint density at radius 1 is 0.941 bits per heavy atom. The molecule has 0 atom stereocenters. The van der Waals surface area contributed by atoms with Gasteiger partial charge in [0.2, 0.25) is 0 Å². The van der Waals surface area contributed by atoms with E-state index < -0.39 is 0 Å². The molecule has 0 saturated heterocycles. The third-order valence-electron chi connectivity index (χ3n) is 2.72. The molecule has 0 saturated carbocycles. The normalized spacial score (nSPS) is 10.4. The molecule has 0 spiro atoms. The standard InChI is InChI=1S/C15H16OS/c1-12-4-2-3-5-14(12)11-17-10-13-6-8-15(16)9-7-13/h2-9,16H,10-11H2,1H3. The van der Waals surface area contributed by atoms with Gasteiger partial charge < -0.3 is 5.11 Å². The fraction of sp³-hybridized carbons (Fsp3) is 0.200. The Morgan fingerprint density at radius 2 is 1.65 bits per heavy atom. The van der Waals surface area contributed by atoms with Gasteiger partial charge in [0.15, 0.2) is 0 Å². The molecule has 88 valence electrons. The summed E-state index contributed by atoms with van der Waals surface area (Å²) < 4.78 is 0. The van der Waals surface area contributed by atoms with Gasteiger partial charge >= 0.3 is 0 Å². The number of hydrogen-bond donors (Lipinski definition) is 1. The van der Waals surface area contributed by atoms with Crippen molar-refractivity contribution in [3.05, 3.63) is 65.2 Å². The summed E-state index contributed by atoms with van der Waals surface area (Å²) in [5, 5.41) is 9.19. The van der Waals surface area contributed by atoms with Crippen LogP contribution in [0, 0.1) is 6.92 Å². The van der Waals surface area contributed by atoms with Crippen molar-refractivity contribution in [2.45, 2.75) is 18.4 Å². The van der Waals surface area contributed by atoms with E-state index in [9.17, 15) is 5.11 Å². The quantitative estimate of drug-likeness (QED) is 0.872. The first-order valence-electron chi connectivity index (χ1n) is 5.66. The summed E-state index contributed by atoms with van der Waals surface area (Å²) in [4.78, 5) is 0. The topological polar surface area (TPSA) is 20.2 Å². The maximum Gasteiger partial charge on any atom is 0.115 e. The van der Waals surface area contributed by atoms with E-state index in [-0.39, 0.29) is 0 Å². The first kappa shape index (κ1) is 12.1. The second kappa shape index (κ2) is 5.78. The van der Waals surface area contributed by atoms with Crippen molar-refractivity contribution in [2.24, 2.45) is 0 Å². The number of thioether (sulfide) groups is 1. The number of rotatable bonds is 4. The van der Waals surface area contributed by atoms with Crippen LogP contribution >= 0.6 is 11.8 Å². The Labute approximate surface area is 107 Å². The van der Waals surface area contributed by atoms with E-state index in [4.69, 9.17) is 0 Å². The Morgan fingerprint density at radius 3 is 2.35 bits per heavy atom. The van der Waals surface area contributed by atoms with Gasteiger partial charge in [-0.3, -0.25) is 0 Å². The summed E-state index contributed by atoms with van der Waals surface area (Å²) in [5.74, 6) is 2.35. The minimum absolute atomic E-state index is 0.331. The van der Waals surface area contributed by atoms with Gasteiger partial charge in [0.25, 0.3) is 0 Å². The van der Waals surface area contributed by atoms with Gasteiger partial charge in [0.05, 0.1) is 0 Å². The zero-order valence-corrected chi connectivity index (χ0v) is 10.7. The minimum atomic E-state index is 0.331. The number of aryl methyl sites for hydroxylation is 1. The van der Waals surface area contributed by atoms with Gasteiger partial charge in [-0.15, -0.1) is 0 Å². The molecular weight excluding hydrogens is 228 g/mol. The molecule has 0 fully saturated rings. The average molecular weight is 244 g/mol. The minimum Gasteiger partial charge on any atom is -0.508 e. The highest BCUT2D eigenvalue weighted by Crippen LogP contribution is 2.21. The summed E-state index contributed by atoms with van der Waals surface area (Å²) in [5.41, 5.74) is 4.00. The van der Waals surface area contributed by atoms with Gasteiger partial charge in [-0.05, 0) is 35.7 Å². The predicted molar refractivity (Wildman–Crippen MR) is 74.3 cm³/mol. The maximum atomic E-state index is 9.19. The Hall–Kier alpha value is -1.41. The predicted octanol–water partition coefficient (Wildman–Crippen LogP) is 4.13. The Kier molecular flexibility index (Phi) is 4.10. The number of aromatic hydroxyl groups is 1. The van der Waals surface area contributed by atoms with Crippen LogP contribution in [0.25, 0.3) is 0 Å². The zero-order chi connectivity index (χ0) is 12.1. The highest BCUT2D eigenvalue weighted by Gasteiger charge is 1.98. The van der Waals surface area contributed by atoms with Gasteiger partial charge in [-0.25, -0.2) is 0 Å². The van der Waals surface area contributed by atoms with Crippen LogP contribution in [-0.2, 0) is 11.5 Å². The van der Waals surface area contributed by atoms with E-state index in [0.29, 0.717) is 5.75 Å². The van der Waals surface area contributed by atoms with Crippen LogP contribution in [0.15, 0.2) is 48.5 Å².